The second-order valence-electron chi connectivity index (χ2n) is 4.55. The third kappa shape index (κ3) is 5.36. The van der Waals surface area contributed by atoms with E-state index in [4.69, 9.17) is 16.3 Å². The minimum atomic E-state index is -3.22. The lowest BCUT2D eigenvalue weighted by atomic mass is 10.4. The molecule has 1 fully saturated rings. The molecule has 21 heavy (non-hydrogen) atoms. The van der Waals surface area contributed by atoms with Crippen molar-refractivity contribution in [3.63, 3.8) is 0 Å². The van der Waals surface area contributed by atoms with Crippen LogP contribution in [0.2, 0.25) is 0 Å². The molecule has 2 heterocycles. The first kappa shape index (κ1) is 16.4. The van der Waals surface area contributed by atoms with Gasteiger partial charge in [0.2, 0.25) is 10.0 Å². The Labute approximate surface area is 129 Å². The zero-order valence-electron chi connectivity index (χ0n) is 11.6. The van der Waals surface area contributed by atoms with E-state index in [0.29, 0.717) is 32.1 Å². The van der Waals surface area contributed by atoms with Crippen LogP contribution in [0.1, 0.15) is 0 Å². The summed E-state index contributed by atoms with van der Waals surface area (Å²) in [4.78, 5) is 8.10. The molecule has 1 aliphatic rings. The predicted molar refractivity (Wildman–Crippen MR) is 79.4 cm³/mol. The van der Waals surface area contributed by atoms with Gasteiger partial charge in [-0.05, 0) is 0 Å². The number of hydrogen-bond donors (Lipinski definition) is 1. The summed E-state index contributed by atoms with van der Waals surface area (Å²) in [7, 11) is -3.22. The van der Waals surface area contributed by atoms with Crippen molar-refractivity contribution < 1.29 is 13.2 Å². The number of hydrazine groups is 1. The molecule has 0 aliphatic carbocycles. The van der Waals surface area contributed by atoms with E-state index in [1.807, 2.05) is 10.0 Å². The van der Waals surface area contributed by atoms with Gasteiger partial charge in [0, 0.05) is 31.9 Å². The van der Waals surface area contributed by atoms with Crippen molar-refractivity contribution >= 4 is 27.4 Å². The van der Waals surface area contributed by atoms with E-state index in [0.717, 1.165) is 6.26 Å². The lowest BCUT2D eigenvalue weighted by Crippen LogP contribution is -2.53. The lowest BCUT2D eigenvalue weighted by Gasteiger charge is -2.39. The molecule has 0 aromatic carbocycles. The Morgan fingerprint density at radius 3 is 3.05 bits per heavy atom. The summed E-state index contributed by atoms with van der Waals surface area (Å²) in [5.41, 5.74) is -0.397. The molecule has 1 aromatic rings. The quantitative estimate of drug-likeness (QED) is 0.710. The van der Waals surface area contributed by atoms with Crippen LogP contribution < -0.4 is 9.73 Å². The molecule has 0 spiro atoms. The normalized spacial score (nSPS) is 20.4. The van der Waals surface area contributed by atoms with E-state index in [1.54, 1.807) is 12.3 Å². The molecule has 0 radical (unpaired) electrons. The Morgan fingerprint density at radius 1 is 1.62 bits per heavy atom. The largest absolute Gasteiger partial charge is 0.360 e. The number of nitrogens with zero attached hydrogens (tertiary/aromatic N) is 4. The summed E-state index contributed by atoms with van der Waals surface area (Å²) in [6.07, 6.45) is 4.22. The average Bonchev–Trinajstić information content (AvgIpc) is 2.43. The van der Waals surface area contributed by atoms with Crippen LogP contribution >= 0.6 is 11.6 Å². The standard InChI is InChI=1S/C11H18ClN5O3S/c1-21(18,19)15-4-5-17(11-2-3-13-9-14-11)16-6-7-20-10(12)8-16/h2-3,9-10,15H,4-8H2,1H3. The average molecular weight is 336 g/mol. The Morgan fingerprint density at radius 2 is 2.43 bits per heavy atom. The van der Waals surface area contributed by atoms with Crippen LogP contribution in [-0.4, -0.2) is 68.0 Å². The first-order valence-corrected chi connectivity index (χ1v) is 8.77. The Balaban J connectivity index is 2.07. The summed E-state index contributed by atoms with van der Waals surface area (Å²) in [6.45, 7) is 2.38. The first-order valence-electron chi connectivity index (χ1n) is 6.44. The minimum absolute atomic E-state index is 0.271. The maximum absolute atomic E-state index is 11.2. The fourth-order valence-electron chi connectivity index (χ4n) is 1.99. The van der Waals surface area contributed by atoms with Crippen LogP contribution in [0.3, 0.4) is 0 Å². The number of anilines is 1. The van der Waals surface area contributed by atoms with Gasteiger partial charge in [0.05, 0.1) is 19.4 Å². The molecule has 10 heteroatoms. The highest BCUT2D eigenvalue weighted by Gasteiger charge is 2.24. The predicted octanol–water partition coefficient (Wildman–Crippen LogP) is -0.356. The number of alkyl halides is 1. The second-order valence-corrected chi connectivity index (χ2v) is 6.87. The highest BCUT2D eigenvalue weighted by molar-refractivity contribution is 7.88. The summed E-state index contributed by atoms with van der Waals surface area (Å²) in [6, 6.07) is 1.76. The van der Waals surface area contributed by atoms with E-state index in [-0.39, 0.29) is 6.54 Å². The van der Waals surface area contributed by atoms with E-state index in [9.17, 15) is 8.42 Å². The van der Waals surface area contributed by atoms with Crippen LogP contribution in [0, 0.1) is 0 Å². The molecule has 1 N–H and O–H groups in total. The zero-order chi connectivity index (χ0) is 15.3. The molecule has 1 aliphatic heterocycles. The van der Waals surface area contributed by atoms with Gasteiger partial charge in [-0.3, -0.25) is 5.01 Å². The fourth-order valence-corrected chi connectivity index (χ4v) is 2.70. The molecule has 118 valence electrons. The number of halogens is 1. The monoisotopic (exact) mass is 335 g/mol. The van der Waals surface area contributed by atoms with Crippen molar-refractivity contribution in [2.24, 2.45) is 0 Å². The third-order valence-corrected chi connectivity index (χ3v) is 3.85. The molecule has 2 rings (SSSR count). The summed E-state index contributed by atoms with van der Waals surface area (Å²) < 4.78 is 30.1. The third-order valence-electron chi connectivity index (χ3n) is 2.86. The van der Waals surface area contributed by atoms with Crippen LogP contribution in [-0.2, 0) is 14.8 Å². The van der Waals surface area contributed by atoms with Gasteiger partial charge in [0.25, 0.3) is 0 Å². The van der Waals surface area contributed by atoms with E-state index in [2.05, 4.69) is 14.7 Å². The van der Waals surface area contributed by atoms with Gasteiger partial charge in [0.15, 0.2) is 0 Å². The highest BCUT2D eigenvalue weighted by atomic mass is 35.5. The summed E-state index contributed by atoms with van der Waals surface area (Å²) >= 11 is 6.01. The number of sulfonamides is 1. The number of nitrogens with one attached hydrogen (secondary N) is 1. The minimum Gasteiger partial charge on any atom is -0.360 e. The van der Waals surface area contributed by atoms with Crippen LogP contribution in [0.15, 0.2) is 18.6 Å². The van der Waals surface area contributed by atoms with Crippen LogP contribution in [0.5, 0.6) is 0 Å². The molecule has 1 saturated heterocycles. The Bertz CT molecular complexity index is 544. The van der Waals surface area contributed by atoms with Crippen LogP contribution in [0.4, 0.5) is 5.82 Å². The fraction of sp³-hybridized carbons (Fsp3) is 0.636. The van der Waals surface area contributed by atoms with Crippen molar-refractivity contribution in [3.8, 4) is 0 Å². The van der Waals surface area contributed by atoms with Crippen molar-refractivity contribution in [1.82, 2.24) is 19.7 Å². The molecular formula is C11H18ClN5O3S. The molecule has 1 unspecified atom stereocenters. The second kappa shape index (κ2) is 7.32. The first-order chi connectivity index (χ1) is 9.96. The van der Waals surface area contributed by atoms with E-state index in [1.165, 1.54) is 6.33 Å². The SMILES string of the molecule is CS(=O)(=O)NCCN(c1ccncn1)N1CCOC(Cl)C1. The van der Waals surface area contributed by atoms with E-state index < -0.39 is 15.6 Å². The lowest BCUT2D eigenvalue weighted by molar-refractivity contribution is 0.00847. The maximum Gasteiger partial charge on any atom is 0.208 e. The number of aromatic nitrogens is 2. The van der Waals surface area contributed by atoms with E-state index >= 15 is 0 Å². The van der Waals surface area contributed by atoms with Gasteiger partial charge < -0.3 is 4.74 Å². The molecule has 1 atom stereocenters. The van der Waals surface area contributed by atoms with Crippen molar-refractivity contribution in [2.45, 2.75) is 5.56 Å². The van der Waals surface area contributed by atoms with Crippen molar-refractivity contribution in [1.29, 1.82) is 0 Å². The van der Waals surface area contributed by atoms with Gasteiger partial charge in [-0.2, -0.15) is 0 Å². The van der Waals surface area contributed by atoms with Crippen molar-refractivity contribution in [3.05, 3.63) is 18.6 Å². The summed E-state index contributed by atoms with van der Waals surface area (Å²) in [5, 5.41) is 3.88. The highest BCUT2D eigenvalue weighted by Crippen LogP contribution is 2.16. The van der Waals surface area contributed by atoms with Gasteiger partial charge >= 0.3 is 0 Å². The van der Waals surface area contributed by atoms with Gasteiger partial charge in [0.1, 0.15) is 17.7 Å². The number of morpholine rings is 1. The van der Waals surface area contributed by atoms with Gasteiger partial charge in [-0.15, -0.1) is 0 Å². The zero-order valence-corrected chi connectivity index (χ0v) is 13.2. The van der Waals surface area contributed by atoms with Crippen molar-refractivity contribution in [2.75, 3.05) is 44.1 Å². The molecule has 8 nitrogen and oxygen atoms in total. The topological polar surface area (TPSA) is 87.7 Å². The molecule has 0 bridgehead atoms. The number of rotatable bonds is 6. The van der Waals surface area contributed by atoms with Crippen LogP contribution in [0.25, 0.3) is 0 Å². The maximum atomic E-state index is 11.2. The van der Waals surface area contributed by atoms with Gasteiger partial charge in [-0.25, -0.2) is 28.1 Å². The number of ether oxygens (including phenoxy) is 1. The molecule has 1 aromatic heterocycles. The molecular weight excluding hydrogens is 318 g/mol. The summed E-state index contributed by atoms with van der Waals surface area (Å²) in [5.74, 6) is 0.686. The molecule has 0 amide bonds. The van der Waals surface area contributed by atoms with Gasteiger partial charge in [-0.1, -0.05) is 11.6 Å². The number of hydrogen-bond acceptors (Lipinski definition) is 7. The molecule has 0 saturated carbocycles. The Kier molecular flexibility index (Phi) is 5.71. The Hall–Kier alpha value is -1.00. The smallest absolute Gasteiger partial charge is 0.208 e.